The number of ether oxygens (including phenoxy) is 1. The maximum atomic E-state index is 13.8. The van der Waals surface area contributed by atoms with E-state index in [0.717, 1.165) is 5.56 Å². The Bertz CT molecular complexity index is 907. The Morgan fingerprint density at radius 1 is 1.16 bits per heavy atom. The SMILES string of the molecule is COC(=O)CC(NC(=O)c1cc2c(F)cccc2s1)c1ccccc1. The molecule has 1 atom stereocenters. The third-order valence-corrected chi connectivity index (χ3v) is 4.94. The van der Waals surface area contributed by atoms with E-state index in [1.54, 1.807) is 12.1 Å². The molecule has 0 fully saturated rings. The number of methoxy groups -OCH3 is 1. The molecule has 6 heteroatoms. The first-order chi connectivity index (χ1) is 12.1. The maximum Gasteiger partial charge on any atom is 0.307 e. The topological polar surface area (TPSA) is 55.4 Å². The van der Waals surface area contributed by atoms with E-state index in [9.17, 15) is 14.0 Å². The van der Waals surface area contributed by atoms with Crippen molar-refractivity contribution in [3.8, 4) is 0 Å². The van der Waals surface area contributed by atoms with Gasteiger partial charge in [0.2, 0.25) is 0 Å². The molecule has 0 aliphatic carbocycles. The van der Waals surface area contributed by atoms with E-state index in [-0.39, 0.29) is 18.1 Å². The van der Waals surface area contributed by atoms with E-state index in [1.807, 2.05) is 30.3 Å². The number of esters is 1. The molecule has 0 saturated carbocycles. The zero-order valence-corrected chi connectivity index (χ0v) is 14.3. The molecule has 3 aromatic rings. The standard InChI is InChI=1S/C19H16FNO3S/c1-24-18(22)11-15(12-6-3-2-4-7-12)21-19(23)17-10-13-14(20)8-5-9-16(13)25-17/h2-10,15H,11H2,1H3,(H,21,23). The summed E-state index contributed by atoms with van der Waals surface area (Å²) in [6.45, 7) is 0. The van der Waals surface area contributed by atoms with Crippen LogP contribution >= 0.6 is 11.3 Å². The van der Waals surface area contributed by atoms with Gasteiger partial charge in [-0.3, -0.25) is 9.59 Å². The molecular weight excluding hydrogens is 341 g/mol. The smallest absolute Gasteiger partial charge is 0.307 e. The van der Waals surface area contributed by atoms with Gasteiger partial charge in [-0.1, -0.05) is 36.4 Å². The van der Waals surface area contributed by atoms with Gasteiger partial charge in [0, 0.05) is 10.1 Å². The van der Waals surface area contributed by atoms with E-state index < -0.39 is 12.0 Å². The predicted molar refractivity (Wildman–Crippen MR) is 95.1 cm³/mol. The molecule has 1 N–H and O–H groups in total. The van der Waals surface area contributed by atoms with Crippen molar-refractivity contribution >= 4 is 33.3 Å². The Hall–Kier alpha value is -2.73. The molecule has 0 aliphatic heterocycles. The number of amides is 1. The van der Waals surface area contributed by atoms with Gasteiger partial charge in [0.05, 0.1) is 24.4 Å². The van der Waals surface area contributed by atoms with Crippen LogP contribution in [0.15, 0.2) is 54.6 Å². The van der Waals surface area contributed by atoms with Gasteiger partial charge >= 0.3 is 5.97 Å². The Kier molecular flexibility index (Phi) is 5.09. The lowest BCUT2D eigenvalue weighted by Gasteiger charge is -2.17. The Balaban J connectivity index is 1.86. The van der Waals surface area contributed by atoms with E-state index in [0.29, 0.717) is 15.0 Å². The predicted octanol–water partition coefficient (Wildman–Crippen LogP) is 4.07. The van der Waals surface area contributed by atoms with Crippen LogP contribution in [0.1, 0.15) is 27.7 Å². The summed E-state index contributed by atoms with van der Waals surface area (Å²) in [5, 5.41) is 3.26. The molecule has 25 heavy (non-hydrogen) atoms. The number of carbonyl (C=O) groups excluding carboxylic acids is 2. The molecule has 0 bridgehead atoms. The second-order valence-electron chi connectivity index (χ2n) is 5.48. The van der Waals surface area contributed by atoms with Gasteiger partial charge in [0.15, 0.2) is 0 Å². The van der Waals surface area contributed by atoms with Crippen molar-refractivity contribution in [3.63, 3.8) is 0 Å². The van der Waals surface area contributed by atoms with E-state index in [1.165, 1.54) is 30.6 Å². The molecule has 0 radical (unpaired) electrons. The molecular formula is C19H16FNO3S. The third-order valence-electron chi connectivity index (χ3n) is 3.84. The van der Waals surface area contributed by atoms with Crippen LogP contribution in [0.4, 0.5) is 4.39 Å². The zero-order chi connectivity index (χ0) is 17.8. The van der Waals surface area contributed by atoms with Gasteiger partial charge in [0.25, 0.3) is 5.91 Å². The molecule has 0 saturated heterocycles. The summed E-state index contributed by atoms with van der Waals surface area (Å²) in [6.07, 6.45) is 0.0194. The molecule has 0 aliphatic rings. The van der Waals surface area contributed by atoms with Gasteiger partial charge in [-0.2, -0.15) is 0 Å². The fourth-order valence-corrected chi connectivity index (χ4v) is 3.53. The van der Waals surface area contributed by atoms with Crippen molar-refractivity contribution < 1.29 is 18.7 Å². The number of hydrogen-bond acceptors (Lipinski definition) is 4. The normalized spacial score (nSPS) is 11.9. The minimum atomic E-state index is -0.517. The summed E-state index contributed by atoms with van der Waals surface area (Å²) in [7, 11) is 1.31. The number of benzene rings is 2. The second kappa shape index (κ2) is 7.44. The second-order valence-corrected chi connectivity index (χ2v) is 6.56. The summed E-state index contributed by atoms with van der Waals surface area (Å²) in [5.41, 5.74) is 0.800. The molecule has 0 spiro atoms. The third kappa shape index (κ3) is 3.85. The highest BCUT2D eigenvalue weighted by atomic mass is 32.1. The van der Waals surface area contributed by atoms with Crippen LogP contribution in [0, 0.1) is 5.82 Å². The van der Waals surface area contributed by atoms with Crippen LogP contribution in [0.5, 0.6) is 0 Å². The highest BCUT2D eigenvalue weighted by Gasteiger charge is 2.21. The molecule has 1 unspecified atom stereocenters. The van der Waals surface area contributed by atoms with Crippen LogP contribution in [-0.2, 0) is 9.53 Å². The first kappa shape index (κ1) is 17.1. The van der Waals surface area contributed by atoms with Crippen LogP contribution in [0.3, 0.4) is 0 Å². The molecule has 1 heterocycles. The number of nitrogens with one attached hydrogen (secondary N) is 1. The van der Waals surface area contributed by atoms with Crippen molar-refractivity contribution in [1.82, 2.24) is 5.32 Å². The highest BCUT2D eigenvalue weighted by Crippen LogP contribution is 2.28. The number of halogens is 1. The average molecular weight is 357 g/mol. The molecule has 128 valence electrons. The quantitative estimate of drug-likeness (QED) is 0.700. The van der Waals surface area contributed by atoms with E-state index in [2.05, 4.69) is 5.32 Å². The van der Waals surface area contributed by atoms with E-state index >= 15 is 0 Å². The van der Waals surface area contributed by atoms with Gasteiger partial charge < -0.3 is 10.1 Å². The maximum absolute atomic E-state index is 13.8. The van der Waals surface area contributed by atoms with Crippen molar-refractivity contribution in [1.29, 1.82) is 0 Å². The number of fused-ring (bicyclic) bond motifs is 1. The number of thiophene rings is 1. The monoisotopic (exact) mass is 357 g/mol. The van der Waals surface area contributed by atoms with Crippen LogP contribution in [-0.4, -0.2) is 19.0 Å². The lowest BCUT2D eigenvalue weighted by Crippen LogP contribution is -2.30. The summed E-state index contributed by atoms with van der Waals surface area (Å²) >= 11 is 1.21. The Morgan fingerprint density at radius 2 is 1.92 bits per heavy atom. The Morgan fingerprint density at radius 3 is 2.60 bits per heavy atom. The summed E-state index contributed by atoms with van der Waals surface area (Å²) in [6, 6.07) is 14.9. The number of carbonyl (C=O) groups is 2. The van der Waals surface area contributed by atoms with Gasteiger partial charge in [-0.25, -0.2) is 4.39 Å². The molecule has 1 amide bonds. The lowest BCUT2D eigenvalue weighted by atomic mass is 10.0. The molecule has 4 nitrogen and oxygen atoms in total. The minimum absolute atomic E-state index is 0.0194. The van der Waals surface area contributed by atoms with E-state index in [4.69, 9.17) is 4.74 Å². The zero-order valence-electron chi connectivity index (χ0n) is 13.5. The fourth-order valence-electron chi connectivity index (χ4n) is 2.55. The van der Waals surface area contributed by atoms with Crippen molar-refractivity contribution in [2.75, 3.05) is 7.11 Å². The number of rotatable bonds is 5. The summed E-state index contributed by atoms with van der Waals surface area (Å²) in [4.78, 5) is 24.7. The minimum Gasteiger partial charge on any atom is -0.469 e. The van der Waals surface area contributed by atoms with Crippen LogP contribution < -0.4 is 5.32 Å². The van der Waals surface area contributed by atoms with Crippen LogP contribution in [0.25, 0.3) is 10.1 Å². The Labute approximate surface area is 148 Å². The lowest BCUT2D eigenvalue weighted by molar-refractivity contribution is -0.141. The van der Waals surface area contributed by atoms with Crippen LogP contribution in [0.2, 0.25) is 0 Å². The van der Waals surface area contributed by atoms with Gasteiger partial charge in [0.1, 0.15) is 5.82 Å². The largest absolute Gasteiger partial charge is 0.469 e. The fraction of sp³-hybridized carbons (Fsp3) is 0.158. The van der Waals surface area contributed by atoms with Gasteiger partial charge in [-0.05, 0) is 23.8 Å². The van der Waals surface area contributed by atoms with Gasteiger partial charge in [-0.15, -0.1) is 11.3 Å². The summed E-state index contributed by atoms with van der Waals surface area (Å²) < 4.78 is 19.2. The first-order valence-corrected chi connectivity index (χ1v) is 8.51. The van der Waals surface area contributed by atoms with Crippen molar-refractivity contribution in [2.45, 2.75) is 12.5 Å². The first-order valence-electron chi connectivity index (χ1n) is 7.69. The average Bonchev–Trinajstić information content (AvgIpc) is 3.07. The van der Waals surface area contributed by atoms with Crippen molar-refractivity contribution in [2.24, 2.45) is 0 Å². The molecule has 3 rings (SSSR count). The summed E-state index contributed by atoms with van der Waals surface area (Å²) in [5.74, 6) is -1.13. The number of hydrogen-bond donors (Lipinski definition) is 1. The van der Waals surface area contributed by atoms with Crippen molar-refractivity contribution in [3.05, 3.63) is 70.9 Å². The molecule has 2 aromatic carbocycles. The highest BCUT2D eigenvalue weighted by molar-refractivity contribution is 7.20. The molecule has 1 aromatic heterocycles.